The van der Waals surface area contributed by atoms with Crippen molar-refractivity contribution in [1.29, 1.82) is 0 Å². The molecule has 14 heteroatoms. The fourth-order valence-corrected chi connectivity index (χ4v) is 3.51. The Kier molecular flexibility index (Phi) is 10.3. The summed E-state index contributed by atoms with van der Waals surface area (Å²) in [5, 5.41) is 10.4. The molecular weight excluding hydrogens is 547 g/mol. The molecule has 0 spiro atoms. The van der Waals surface area contributed by atoms with Gasteiger partial charge in [0.25, 0.3) is 11.8 Å². The first kappa shape index (κ1) is 30.2. The number of aryl methyl sites for hydroxylation is 1. The Bertz CT molecular complexity index is 1440. The van der Waals surface area contributed by atoms with Crippen LogP contribution in [-0.4, -0.2) is 51.4 Å². The van der Waals surface area contributed by atoms with Gasteiger partial charge in [-0.3, -0.25) is 9.59 Å². The zero-order valence-corrected chi connectivity index (χ0v) is 22.7. The number of hydrogen-bond acceptors (Lipinski definition) is 11. The molecule has 212 valence electrons. The van der Waals surface area contributed by atoms with E-state index in [0.29, 0.717) is 29.4 Å². The standard InChI is InChI=1S/C26H27FN6O6.ClH/c1-4-21(37-18-8-5-16(6-9-18)23-30-15(3)38-32-23)26-31-24(33-39-26)17-7-10-19(20(27)11-17)25(35)29-14(2)13-36-22(34)12-28;/h5-11,14,21H,4,12-13,28H2,1-3H3,(H,29,35);1H/t14-,21?;/m1./s1. The SMILES string of the molecule is CCC(Oc1ccc(-c2noc(C)n2)cc1)c1nc(-c2ccc(C(=O)N[C@H](C)COC(=O)CN)c(F)c2)no1.Cl. The second-order valence-electron chi connectivity index (χ2n) is 8.59. The highest BCUT2D eigenvalue weighted by atomic mass is 35.5. The molecule has 40 heavy (non-hydrogen) atoms. The number of nitrogens with two attached hydrogens (primary N) is 1. The Balaban J connectivity index is 0.00000441. The lowest BCUT2D eigenvalue weighted by Gasteiger charge is -2.14. The Hall–Kier alpha value is -4.36. The van der Waals surface area contributed by atoms with Crippen molar-refractivity contribution >= 4 is 24.3 Å². The van der Waals surface area contributed by atoms with Crippen LogP contribution < -0.4 is 15.8 Å². The summed E-state index contributed by atoms with van der Waals surface area (Å²) in [5.41, 5.74) is 6.08. The summed E-state index contributed by atoms with van der Waals surface area (Å²) in [5.74, 6) is -0.165. The van der Waals surface area contributed by atoms with Crippen molar-refractivity contribution in [2.24, 2.45) is 5.73 Å². The molecule has 0 aliphatic rings. The molecular formula is C26H28ClFN6O6. The van der Waals surface area contributed by atoms with Crippen LogP contribution in [0.2, 0.25) is 0 Å². The average molecular weight is 575 g/mol. The third kappa shape index (κ3) is 7.39. The summed E-state index contributed by atoms with van der Waals surface area (Å²) in [4.78, 5) is 32.2. The minimum absolute atomic E-state index is 0. The zero-order chi connectivity index (χ0) is 27.9. The monoisotopic (exact) mass is 574 g/mol. The van der Waals surface area contributed by atoms with E-state index in [0.717, 1.165) is 11.6 Å². The molecule has 1 unspecified atom stereocenters. The van der Waals surface area contributed by atoms with Crippen LogP contribution in [0.5, 0.6) is 5.75 Å². The van der Waals surface area contributed by atoms with E-state index in [-0.39, 0.29) is 42.8 Å². The molecule has 4 rings (SSSR count). The molecule has 0 saturated carbocycles. The minimum atomic E-state index is -0.775. The van der Waals surface area contributed by atoms with Crippen LogP contribution in [-0.2, 0) is 9.53 Å². The van der Waals surface area contributed by atoms with Crippen LogP contribution in [0.4, 0.5) is 4.39 Å². The summed E-state index contributed by atoms with van der Waals surface area (Å²) in [6, 6.07) is 10.6. The smallest absolute Gasteiger partial charge is 0.319 e. The van der Waals surface area contributed by atoms with Gasteiger partial charge in [0, 0.05) is 18.1 Å². The molecule has 2 atom stereocenters. The normalized spacial score (nSPS) is 12.2. The van der Waals surface area contributed by atoms with Crippen LogP contribution in [0.3, 0.4) is 0 Å². The van der Waals surface area contributed by atoms with E-state index in [2.05, 4.69) is 25.6 Å². The van der Waals surface area contributed by atoms with Gasteiger partial charge in [-0.25, -0.2) is 4.39 Å². The highest BCUT2D eigenvalue weighted by molar-refractivity contribution is 5.95. The molecule has 2 aromatic carbocycles. The van der Waals surface area contributed by atoms with Gasteiger partial charge in [-0.1, -0.05) is 23.3 Å². The number of amides is 1. The molecule has 4 aromatic rings. The summed E-state index contributed by atoms with van der Waals surface area (Å²) in [6.45, 7) is 4.87. The first-order valence-corrected chi connectivity index (χ1v) is 12.1. The van der Waals surface area contributed by atoms with Gasteiger partial charge in [0.15, 0.2) is 6.10 Å². The van der Waals surface area contributed by atoms with Crippen molar-refractivity contribution in [2.45, 2.75) is 39.3 Å². The highest BCUT2D eigenvalue weighted by Gasteiger charge is 2.22. The lowest BCUT2D eigenvalue weighted by atomic mass is 10.1. The number of rotatable bonds is 11. The van der Waals surface area contributed by atoms with Crippen LogP contribution in [0.1, 0.15) is 48.5 Å². The van der Waals surface area contributed by atoms with Crippen LogP contribution >= 0.6 is 12.4 Å². The third-order valence-electron chi connectivity index (χ3n) is 5.52. The maximum absolute atomic E-state index is 14.8. The summed E-state index contributed by atoms with van der Waals surface area (Å²) >= 11 is 0. The van der Waals surface area contributed by atoms with Gasteiger partial charge in [-0.2, -0.15) is 9.97 Å². The van der Waals surface area contributed by atoms with Gasteiger partial charge in [0.1, 0.15) is 18.2 Å². The number of nitrogens with zero attached hydrogens (tertiary/aromatic N) is 4. The van der Waals surface area contributed by atoms with Crippen molar-refractivity contribution in [3.63, 3.8) is 0 Å². The van der Waals surface area contributed by atoms with Crippen molar-refractivity contribution in [3.8, 4) is 28.5 Å². The first-order valence-electron chi connectivity index (χ1n) is 12.1. The van der Waals surface area contributed by atoms with Crippen molar-refractivity contribution in [3.05, 3.63) is 65.6 Å². The quantitative estimate of drug-likeness (QED) is 0.250. The summed E-state index contributed by atoms with van der Waals surface area (Å²) in [6.07, 6.45) is -0.0195. The van der Waals surface area contributed by atoms with Crippen LogP contribution in [0.25, 0.3) is 22.8 Å². The van der Waals surface area contributed by atoms with Crippen molar-refractivity contribution < 1.29 is 32.5 Å². The second kappa shape index (κ2) is 13.6. The predicted octanol–water partition coefficient (Wildman–Crippen LogP) is 3.81. The third-order valence-corrected chi connectivity index (χ3v) is 5.52. The van der Waals surface area contributed by atoms with Gasteiger partial charge in [-0.05, 0) is 49.7 Å². The fraction of sp³-hybridized carbons (Fsp3) is 0.308. The van der Waals surface area contributed by atoms with E-state index in [1.165, 1.54) is 12.1 Å². The molecule has 0 bridgehead atoms. The Morgan fingerprint density at radius 1 is 1.05 bits per heavy atom. The van der Waals surface area contributed by atoms with Gasteiger partial charge < -0.3 is 29.6 Å². The van der Waals surface area contributed by atoms with Gasteiger partial charge >= 0.3 is 5.97 Å². The number of ether oxygens (including phenoxy) is 2. The first-order chi connectivity index (χ1) is 18.8. The van der Waals surface area contributed by atoms with Crippen LogP contribution in [0.15, 0.2) is 51.5 Å². The largest absolute Gasteiger partial charge is 0.481 e. The Morgan fingerprint density at radius 3 is 2.35 bits per heavy atom. The van der Waals surface area contributed by atoms with E-state index in [4.69, 9.17) is 24.3 Å². The van der Waals surface area contributed by atoms with E-state index in [1.807, 2.05) is 6.92 Å². The van der Waals surface area contributed by atoms with Crippen molar-refractivity contribution in [2.75, 3.05) is 13.2 Å². The van der Waals surface area contributed by atoms with Gasteiger partial charge in [0.05, 0.1) is 18.2 Å². The van der Waals surface area contributed by atoms with Crippen molar-refractivity contribution in [1.82, 2.24) is 25.6 Å². The number of aromatic nitrogens is 4. The molecule has 0 aliphatic carbocycles. The fourth-order valence-electron chi connectivity index (χ4n) is 3.51. The zero-order valence-electron chi connectivity index (χ0n) is 21.9. The topological polar surface area (TPSA) is 168 Å². The lowest BCUT2D eigenvalue weighted by Crippen LogP contribution is -2.37. The number of nitrogens with one attached hydrogen (secondary N) is 1. The van der Waals surface area contributed by atoms with Gasteiger partial charge in [-0.15, -0.1) is 12.4 Å². The number of hydrogen-bond donors (Lipinski definition) is 2. The summed E-state index contributed by atoms with van der Waals surface area (Å²) in [7, 11) is 0. The maximum Gasteiger partial charge on any atom is 0.319 e. The number of benzene rings is 2. The molecule has 2 aromatic heterocycles. The number of carbonyl (C=O) groups is 2. The molecule has 0 aliphatic heterocycles. The van der Waals surface area contributed by atoms with E-state index >= 15 is 0 Å². The molecule has 12 nitrogen and oxygen atoms in total. The Morgan fingerprint density at radius 2 is 1.73 bits per heavy atom. The molecule has 0 radical (unpaired) electrons. The Labute approximate surface area is 234 Å². The van der Waals surface area contributed by atoms with E-state index in [9.17, 15) is 14.0 Å². The molecule has 3 N–H and O–H groups in total. The average Bonchev–Trinajstić information content (AvgIpc) is 3.60. The number of carbonyl (C=O) groups excluding carboxylic acids is 2. The molecule has 0 saturated heterocycles. The molecule has 0 fully saturated rings. The van der Waals surface area contributed by atoms with E-state index in [1.54, 1.807) is 38.1 Å². The van der Waals surface area contributed by atoms with Crippen LogP contribution in [0, 0.1) is 12.7 Å². The maximum atomic E-state index is 14.8. The predicted molar refractivity (Wildman–Crippen MR) is 142 cm³/mol. The second-order valence-corrected chi connectivity index (χ2v) is 8.59. The van der Waals surface area contributed by atoms with E-state index < -0.39 is 29.8 Å². The number of halogens is 2. The molecule has 2 heterocycles. The lowest BCUT2D eigenvalue weighted by molar-refractivity contribution is -0.142. The number of esters is 1. The minimum Gasteiger partial charge on any atom is -0.481 e. The summed E-state index contributed by atoms with van der Waals surface area (Å²) < 4.78 is 36.1. The molecule has 1 amide bonds. The highest BCUT2D eigenvalue weighted by Crippen LogP contribution is 2.28. The van der Waals surface area contributed by atoms with Gasteiger partial charge in [0.2, 0.25) is 17.5 Å².